The van der Waals surface area contributed by atoms with E-state index in [2.05, 4.69) is 5.32 Å². The Morgan fingerprint density at radius 3 is 2.44 bits per heavy atom. The predicted octanol–water partition coefficient (Wildman–Crippen LogP) is 5.81. The number of allylic oxidation sites excluding steroid dienone is 1. The van der Waals surface area contributed by atoms with Gasteiger partial charge in [-0.15, -0.1) is 0 Å². The van der Waals surface area contributed by atoms with Crippen LogP contribution in [0.2, 0.25) is 10.0 Å². The van der Waals surface area contributed by atoms with Crippen molar-refractivity contribution in [2.75, 3.05) is 12.4 Å². The number of anilines is 1. The van der Waals surface area contributed by atoms with Crippen LogP contribution < -0.4 is 5.32 Å². The first-order valence-corrected chi connectivity index (χ1v) is 11.4. The second-order valence-electron chi connectivity index (χ2n) is 8.37. The van der Waals surface area contributed by atoms with E-state index in [0.717, 1.165) is 11.1 Å². The van der Waals surface area contributed by atoms with E-state index in [1.807, 2.05) is 18.2 Å². The number of methoxy groups -OCH3 is 1. The summed E-state index contributed by atoms with van der Waals surface area (Å²) in [5, 5.41) is 3.99. The largest absolute Gasteiger partial charge is 0.465 e. The number of amides is 1. The number of rotatable bonds is 3. The Morgan fingerprint density at radius 1 is 1.00 bits per heavy atom. The molecule has 0 unspecified atom stereocenters. The van der Waals surface area contributed by atoms with Crippen LogP contribution in [-0.2, 0) is 19.7 Å². The topological polar surface area (TPSA) is 72.5 Å². The maximum Gasteiger partial charge on any atom is 0.337 e. The van der Waals surface area contributed by atoms with Gasteiger partial charge in [-0.05, 0) is 53.1 Å². The molecule has 3 aromatic carbocycles. The number of halogens is 2. The summed E-state index contributed by atoms with van der Waals surface area (Å²) in [4.78, 5) is 38.9. The minimum Gasteiger partial charge on any atom is -0.465 e. The van der Waals surface area contributed by atoms with Gasteiger partial charge in [0.25, 0.3) is 0 Å². The molecule has 1 N–H and O–H groups in total. The van der Waals surface area contributed by atoms with Crippen molar-refractivity contribution < 1.29 is 19.1 Å². The maximum atomic E-state index is 13.6. The second-order valence-corrected chi connectivity index (χ2v) is 9.25. The minimum absolute atomic E-state index is 0.100. The van der Waals surface area contributed by atoms with Crippen molar-refractivity contribution in [3.63, 3.8) is 0 Å². The third kappa shape index (κ3) is 3.52. The van der Waals surface area contributed by atoms with Crippen LogP contribution in [0.15, 0.2) is 72.8 Å². The summed E-state index contributed by atoms with van der Waals surface area (Å²) in [7, 11) is 1.31. The highest BCUT2D eigenvalue weighted by Gasteiger charge is 2.54. The van der Waals surface area contributed by atoms with E-state index in [0.29, 0.717) is 32.4 Å². The lowest BCUT2D eigenvalue weighted by Crippen LogP contribution is -2.43. The quantitative estimate of drug-likeness (QED) is 0.469. The molecule has 1 amide bonds. The van der Waals surface area contributed by atoms with Crippen molar-refractivity contribution in [1.82, 2.24) is 0 Å². The van der Waals surface area contributed by atoms with Crippen molar-refractivity contribution >= 4 is 52.1 Å². The van der Waals surface area contributed by atoms with Gasteiger partial charge in [0.1, 0.15) is 5.41 Å². The van der Waals surface area contributed by atoms with E-state index in [9.17, 15) is 14.4 Å². The molecule has 1 aliphatic heterocycles. The van der Waals surface area contributed by atoms with Gasteiger partial charge in [0.2, 0.25) is 5.91 Å². The fraction of sp³-hybridized carbons (Fsp3) is 0.148. The molecule has 0 saturated carbocycles. The van der Waals surface area contributed by atoms with Crippen molar-refractivity contribution in [3.05, 3.63) is 105 Å². The molecule has 2 aliphatic rings. The fourth-order valence-electron chi connectivity index (χ4n) is 4.94. The van der Waals surface area contributed by atoms with Gasteiger partial charge in [-0.2, -0.15) is 0 Å². The molecule has 0 radical (unpaired) electrons. The first-order chi connectivity index (χ1) is 16.3. The summed E-state index contributed by atoms with van der Waals surface area (Å²) in [6, 6.07) is 19.1. The van der Waals surface area contributed by atoms with Gasteiger partial charge in [0, 0.05) is 33.6 Å². The van der Waals surface area contributed by atoms with Crippen LogP contribution >= 0.6 is 23.2 Å². The molecular formula is C27H19Cl2NO4. The first-order valence-electron chi connectivity index (χ1n) is 10.6. The van der Waals surface area contributed by atoms with E-state index in [1.54, 1.807) is 54.6 Å². The average molecular weight is 492 g/mol. The molecule has 0 fully saturated rings. The molecule has 5 rings (SSSR count). The van der Waals surface area contributed by atoms with Crippen LogP contribution in [0.1, 0.15) is 39.4 Å². The Bertz CT molecular complexity index is 1380. The molecule has 5 nitrogen and oxygen atoms in total. The zero-order chi connectivity index (χ0) is 24.0. The zero-order valence-electron chi connectivity index (χ0n) is 18.1. The SMILES string of the molecule is COC(=O)c1ccc(C2=C[C@]3(C(=O)Nc4cc(Cl)ccc43)[C@H](c3cccc(Cl)c3)CC2=O)cc1. The number of hydrogen-bond donors (Lipinski definition) is 1. The van der Waals surface area contributed by atoms with Crippen LogP contribution in [0.5, 0.6) is 0 Å². The maximum absolute atomic E-state index is 13.6. The third-order valence-corrected chi connectivity index (χ3v) is 7.00. The lowest BCUT2D eigenvalue weighted by atomic mass is 9.61. The number of esters is 1. The minimum atomic E-state index is -1.13. The normalized spacial score (nSPS) is 21.1. The zero-order valence-corrected chi connectivity index (χ0v) is 19.6. The molecular weight excluding hydrogens is 473 g/mol. The lowest BCUT2D eigenvalue weighted by Gasteiger charge is -2.38. The lowest BCUT2D eigenvalue weighted by molar-refractivity contribution is -0.121. The molecule has 7 heteroatoms. The molecule has 0 bridgehead atoms. The number of ether oxygens (including phenoxy) is 1. The highest BCUT2D eigenvalue weighted by molar-refractivity contribution is 6.31. The molecule has 2 atom stereocenters. The summed E-state index contributed by atoms with van der Waals surface area (Å²) in [6.45, 7) is 0. The number of fused-ring (bicyclic) bond motifs is 2. The van der Waals surface area contributed by atoms with Gasteiger partial charge in [-0.25, -0.2) is 4.79 Å². The van der Waals surface area contributed by atoms with Gasteiger partial charge in [0.05, 0.1) is 12.7 Å². The first kappa shape index (κ1) is 22.4. The highest BCUT2D eigenvalue weighted by Crippen LogP contribution is 2.54. The van der Waals surface area contributed by atoms with E-state index in [4.69, 9.17) is 27.9 Å². The summed E-state index contributed by atoms with van der Waals surface area (Å²) >= 11 is 12.5. The van der Waals surface area contributed by atoms with Crippen LogP contribution in [0.3, 0.4) is 0 Å². The monoisotopic (exact) mass is 491 g/mol. The van der Waals surface area contributed by atoms with E-state index < -0.39 is 17.3 Å². The Labute approximate surface area is 206 Å². The standard InChI is InChI=1S/C27H19Cl2NO4/c1-34-25(32)16-7-5-15(6-8-16)20-14-27(21-10-9-19(29)12-23(21)30-26(27)33)22(13-24(20)31)17-3-2-4-18(28)11-17/h2-12,14,22H,13H2,1H3,(H,30,33)/t22-,27+/m0/s1. The van der Waals surface area contributed by atoms with Crippen LogP contribution in [0.4, 0.5) is 5.69 Å². The second kappa shape index (κ2) is 8.42. The molecule has 3 aromatic rings. The van der Waals surface area contributed by atoms with Crippen molar-refractivity contribution in [2.24, 2.45) is 0 Å². The van der Waals surface area contributed by atoms with Gasteiger partial charge < -0.3 is 10.1 Å². The highest BCUT2D eigenvalue weighted by atomic mass is 35.5. The summed E-state index contributed by atoms with van der Waals surface area (Å²) in [5.74, 6) is -1.25. The van der Waals surface area contributed by atoms with Gasteiger partial charge in [-0.1, -0.05) is 59.6 Å². The molecule has 0 saturated heterocycles. The number of carbonyl (C=O) groups is 3. The predicted molar refractivity (Wildman–Crippen MR) is 131 cm³/mol. The Hall–Kier alpha value is -3.41. The third-order valence-electron chi connectivity index (χ3n) is 6.53. The number of benzene rings is 3. The Balaban J connectivity index is 1.72. The molecule has 1 aliphatic carbocycles. The number of Topliss-reactive ketones (excluding diaryl/α,β-unsaturated/α-hetero) is 1. The molecule has 1 spiro atoms. The van der Waals surface area contributed by atoms with E-state index in [1.165, 1.54) is 7.11 Å². The molecule has 34 heavy (non-hydrogen) atoms. The Morgan fingerprint density at radius 2 is 1.74 bits per heavy atom. The fourth-order valence-corrected chi connectivity index (χ4v) is 5.31. The summed E-state index contributed by atoms with van der Waals surface area (Å²) in [5.41, 5.74) is 2.47. The van der Waals surface area contributed by atoms with Crippen molar-refractivity contribution in [1.29, 1.82) is 0 Å². The van der Waals surface area contributed by atoms with Crippen LogP contribution in [0, 0.1) is 0 Å². The summed E-state index contributed by atoms with van der Waals surface area (Å²) in [6.07, 6.45) is 1.87. The smallest absolute Gasteiger partial charge is 0.337 e. The van der Waals surface area contributed by atoms with Crippen LogP contribution in [-0.4, -0.2) is 24.8 Å². The van der Waals surface area contributed by atoms with Gasteiger partial charge in [0.15, 0.2) is 5.78 Å². The average Bonchev–Trinajstić information content (AvgIpc) is 3.10. The molecule has 0 aromatic heterocycles. The summed E-state index contributed by atoms with van der Waals surface area (Å²) < 4.78 is 4.76. The molecule has 1 heterocycles. The number of ketones is 1. The number of nitrogens with one attached hydrogen (secondary N) is 1. The number of carbonyl (C=O) groups excluding carboxylic acids is 3. The van der Waals surface area contributed by atoms with Crippen molar-refractivity contribution in [2.45, 2.75) is 17.8 Å². The van der Waals surface area contributed by atoms with Crippen LogP contribution in [0.25, 0.3) is 5.57 Å². The van der Waals surface area contributed by atoms with E-state index >= 15 is 0 Å². The van der Waals surface area contributed by atoms with Crippen molar-refractivity contribution in [3.8, 4) is 0 Å². The number of hydrogen-bond acceptors (Lipinski definition) is 4. The van der Waals surface area contributed by atoms with E-state index in [-0.39, 0.29) is 18.1 Å². The Kier molecular flexibility index (Phi) is 5.54. The van der Waals surface area contributed by atoms with Gasteiger partial charge in [-0.3, -0.25) is 9.59 Å². The van der Waals surface area contributed by atoms with Gasteiger partial charge >= 0.3 is 5.97 Å². The molecule has 170 valence electrons.